The van der Waals surface area contributed by atoms with E-state index in [1.165, 1.54) is 23.3 Å². The second kappa shape index (κ2) is 8.47. The van der Waals surface area contributed by atoms with Crippen LogP contribution in [0.5, 0.6) is 0 Å². The van der Waals surface area contributed by atoms with Crippen LogP contribution in [0.15, 0.2) is 45.9 Å². The first kappa shape index (κ1) is 18.9. The minimum atomic E-state index is -0.288. The van der Waals surface area contributed by atoms with Gasteiger partial charge in [-0.1, -0.05) is 22.0 Å². The van der Waals surface area contributed by atoms with E-state index in [4.69, 9.17) is 5.73 Å². The van der Waals surface area contributed by atoms with Crippen LogP contribution < -0.4 is 11.1 Å². The van der Waals surface area contributed by atoms with Crippen LogP contribution in [0, 0.1) is 19.7 Å². The Bertz CT molecular complexity index is 689. The Hall–Kier alpha value is -1.15. The van der Waals surface area contributed by atoms with Gasteiger partial charge in [0.25, 0.3) is 0 Å². The van der Waals surface area contributed by atoms with Gasteiger partial charge in [-0.25, -0.2) is 9.38 Å². The normalized spacial score (nSPS) is 11.0. The summed E-state index contributed by atoms with van der Waals surface area (Å²) in [5, 5.41) is 3.03. The van der Waals surface area contributed by atoms with Gasteiger partial charge in [-0.15, -0.1) is 24.0 Å². The standard InChI is InChI=1S/C16H17BrFN3.HI/c1-10-3-5-14(7-11(10)2)21-16(19)20-9-12-8-13(18)4-6-15(12)17;/h3-8H,9H2,1-2H3,(H3,19,20,21);1H. The van der Waals surface area contributed by atoms with Gasteiger partial charge in [0.15, 0.2) is 5.96 Å². The molecular formula is C16H18BrFIN3. The van der Waals surface area contributed by atoms with Crippen molar-refractivity contribution in [3.63, 3.8) is 0 Å². The van der Waals surface area contributed by atoms with Crippen LogP contribution >= 0.6 is 39.9 Å². The number of guanidine groups is 1. The zero-order chi connectivity index (χ0) is 15.4. The largest absolute Gasteiger partial charge is 0.370 e. The summed E-state index contributed by atoms with van der Waals surface area (Å²) in [6.45, 7) is 4.40. The first-order chi connectivity index (χ1) is 9.95. The second-order valence-corrected chi connectivity index (χ2v) is 5.72. The Kier molecular flexibility index (Phi) is 7.28. The fourth-order valence-corrected chi connectivity index (χ4v) is 2.21. The summed E-state index contributed by atoms with van der Waals surface area (Å²) in [5.74, 6) is 0.0125. The van der Waals surface area contributed by atoms with Gasteiger partial charge in [-0.05, 0) is 60.9 Å². The molecule has 0 saturated heterocycles. The monoisotopic (exact) mass is 477 g/mol. The Morgan fingerprint density at radius 3 is 2.59 bits per heavy atom. The topological polar surface area (TPSA) is 50.4 Å². The third-order valence-corrected chi connectivity index (χ3v) is 3.98. The minimum absolute atomic E-state index is 0. The van der Waals surface area contributed by atoms with E-state index < -0.39 is 0 Å². The van der Waals surface area contributed by atoms with Gasteiger partial charge in [0.1, 0.15) is 5.82 Å². The van der Waals surface area contributed by atoms with E-state index in [1.807, 2.05) is 25.1 Å². The molecule has 0 unspecified atom stereocenters. The lowest BCUT2D eigenvalue weighted by Gasteiger charge is -2.08. The van der Waals surface area contributed by atoms with Crippen molar-refractivity contribution >= 4 is 51.6 Å². The average Bonchev–Trinajstić information content (AvgIpc) is 2.44. The molecule has 2 rings (SSSR count). The maximum atomic E-state index is 13.2. The van der Waals surface area contributed by atoms with Crippen LogP contribution in [0.1, 0.15) is 16.7 Å². The highest BCUT2D eigenvalue weighted by Gasteiger charge is 2.02. The highest BCUT2D eigenvalue weighted by atomic mass is 127. The van der Waals surface area contributed by atoms with Crippen molar-refractivity contribution in [2.45, 2.75) is 20.4 Å². The predicted molar refractivity (Wildman–Crippen MR) is 104 cm³/mol. The Balaban J connectivity index is 0.00000242. The number of nitrogens with two attached hydrogens (primary N) is 1. The molecule has 22 heavy (non-hydrogen) atoms. The number of anilines is 1. The number of aryl methyl sites for hydroxylation is 2. The van der Waals surface area contributed by atoms with Crippen LogP contribution in [-0.4, -0.2) is 5.96 Å². The van der Waals surface area contributed by atoms with Crippen molar-refractivity contribution in [2.24, 2.45) is 10.7 Å². The molecule has 0 heterocycles. The molecule has 2 aromatic carbocycles. The van der Waals surface area contributed by atoms with Crippen molar-refractivity contribution in [1.82, 2.24) is 0 Å². The third kappa shape index (κ3) is 5.24. The van der Waals surface area contributed by atoms with E-state index in [0.29, 0.717) is 12.5 Å². The Morgan fingerprint density at radius 1 is 1.18 bits per heavy atom. The second-order valence-electron chi connectivity index (χ2n) is 4.86. The molecular weight excluding hydrogens is 460 g/mol. The number of aliphatic imine (C=N–C) groups is 1. The SMILES string of the molecule is Cc1ccc(NC(N)=NCc2cc(F)ccc2Br)cc1C.I. The van der Waals surface area contributed by atoms with Crippen molar-refractivity contribution in [2.75, 3.05) is 5.32 Å². The molecule has 2 aromatic rings. The van der Waals surface area contributed by atoms with Gasteiger partial charge >= 0.3 is 0 Å². The van der Waals surface area contributed by atoms with Crippen LogP contribution in [0.3, 0.4) is 0 Å². The Morgan fingerprint density at radius 2 is 1.91 bits per heavy atom. The maximum Gasteiger partial charge on any atom is 0.193 e. The van der Waals surface area contributed by atoms with E-state index in [9.17, 15) is 4.39 Å². The molecule has 0 fully saturated rings. The Labute approximate surface area is 155 Å². The van der Waals surface area contributed by atoms with Gasteiger partial charge in [-0.2, -0.15) is 0 Å². The number of nitrogens with one attached hydrogen (secondary N) is 1. The summed E-state index contributed by atoms with van der Waals surface area (Å²) in [6.07, 6.45) is 0. The number of benzene rings is 2. The van der Waals surface area contributed by atoms with Gasteiger partial charge in [0.2, 0.25) is 0 Å². The molecule has 0 aliphatic carbocycles. The fraction of sp³-hybridized carbons (Fsp3) is 0.188. The van der Waals surface area contributed by atoms with Crippen LogP contribution in [0.2, 0.25) is 0 Å². The van der Waals surface area contributed by atoms with Crippen molar-refractivity contribution in [1.29, 1.82) is 0 Å². The van der Waals surface area contributed by atoms with Crippen LogP contribution in [0.25, 0.3) is 0 Å². The molecule has 0 bridgehead atoms. The molecule has 0 aliphatic heterocycles. The van der Waals surface area contributed by atoms with Crippen LogP contribution in [-0.2, 0) is 6.54 Å². The molecule has 0 radical (unpaired) electrons. The summed E-state index contributed by atoms with van der Waals surface area (Å²) < 4.78 is 14.0. The van der Waals surface area contributed by atoms with Crippen LogP contribution in [0.4, 0.5) is 10.1 Å². The summed E-state index contributed by atoms with van der Waals surface area (Å²) in [4.78, 5) is 4.23. The quantitative estimate of drug-likeness (QED) is 0.380. The summed E-state index contributed by atoms with van der Waals surface area (Å²) in [6, 6.07) is 10.5. The number of rotatable bonds is 3. The molecule has 0 aromatic heterocycles. The van der Waals surface area contributed by atoms with E-state index in [0.717, 1.165) is 15.7 Å². The van der Waals surface area contributed by atoms with Gasteiger partial charge in [-0.3, -0.25) is 0 Å². The number of nitrogens with zero attached hydrogens (tertiary/aromatic N) is 1. The highest BCUT2D eigenvalue weighted by Crippen LogP contribution is 2.19. The third-order valence-electron chi connectivity index (χ3n) is 3.21. The number of hydrogen-bond acceptors (Lipinski definition) is 1. The van der Waals surface area contributed by atoms with Gasteiger partial charge < -0.3 is 11.1 Å². The lowest BCUT2D eigenvalue weighted by molar-refractivity contribution is 0.625. The predicted octanol–water partition coefficient (Wildman–Crippen LogP) is 4.75. The molecule has 0 amide bonds. The smallest absolute Gasteiger partial charge is 0.193 e. The highest BCUT2D eigenvalue weighted by molar-refractivity contribution is 14.0. The van der Waals surface area contributed by atoms with E-state index in [2.05, 4.69) is 33.2 Å². The lowest BCUT2D eigenvalue weighted by atomic mass is 10.1. The van der Waals surface area contributed by atoms with E-state index >= 15 is 0 Å². The van der Waals surface area contributed by atoms with Crippen molar-refractivity contribution in [3.8, 4) is 0 Å². The zero-order valence-corrected chi connectivity index (χ0v) is 16.3. The minimum Gasteiger partial charge on any atom is -0.370 e. The average molecular weight is 478 g/mol. The molecule has 0 spiro atoms. The first-order valence-corrected chi connectivity index (χ1v) is 7.33. The molecule has 3 N–H and O–H groups in total. The van der Waals surface area contributed by atoms with E-state index in [-0.39, 0.29) is 29.8 Å². The van der Waals surface area contributed by atoms with Crippen molar-refractivity contribution in [3.05, 3.63) is 63.4 Å². The molecule has 118 valence electrons. The molecule has 0 saturated carbocycles. The molecule has 6 heteroatoms. The first-order valence-electron chi connectivity index (χ1n) is 6.54. The summed E-state index contributed by atoms with van der Waals surface area (Å²) in [7, 11) is 0. The molecule has 0 atom stereocenters. The van der Waals surface area contributed by atoms with Crippen molar-refractivity contribution < 1.29 is 4.39 Å². The molecule has 3 nitrogen and oxygen atoms in total. The van der Waals surface area contributed by atoms with E-state index in [1.54, 1.807) is 6.07 Å². The number of hydrogen-bond donors (Lipinski definition) is 2. The zero-order valence-electron chi connectivity index (χ0n) is 12.4. The fourth-order valence-electron chi connectivity index (χ4n) is 1.84. The summed E-state index contributed by atoms with van der Waals surface area (Å²) >= 11 is 3.37. The molecule has 0 aliphatic rings. The number of halogens is 3. The van der Waals surface area contributed by atoms with Gasteiger partial charge in [0.05, 0.1) is 6.54 Å². The summed E-state index contributed by atoms with van der Waals surface area (Å²) in [5.41, 5.74) is 9.90. The lowest BCUT2D eigenvalue weighted by Crippen LogP contribution is -2.22. The maximum absolute atomic E-state index is 13.2. The van der Waals surface area contributed by atoms with Gasteiger partial charge in [0, 0.05) is 10.2 Å².